The molecule has 4 rings (SSSR count). The average Bonchev–Trinajstić information content (AvgIpc) is 3.17. The number of rotatable bonds is 6. The van der Waals surface area contributed by atoms with Gasteiger partial charge in [0.05, 0.1) is 14.2 Å². The highest BCUT2D eigenvalue weighted by molar-refractivity contribution is 5.95. The van der Waals surface area contributed by atoms with Crippen LogP contribution < -0.4 is 20.3 Å². The van der Waals surface area contributed by atoms with E-state index in [0.717, 1.165) is 12.0 Å². The number of carbonyl (C=O) groups is 2. The van der Waals surface area contributed by atoms with Gasteiger partial charge >= 0.3 is 0 Å². The molecule has 32 heavy (non-hydrogen) atoms. The monoisotopic (exact) mass is 439 g/mol. The molecule has 0 aliphatic carbocycles. The molecule has 1 N–H and O–H groups in total. The van der Waals surface area contributed by atoms with Crippen molar-refractivity contribution >= 4 is 11.8 Å². The summed E-state index contributed by atoms with van der Waals surface area (Å²) in [6.07, 6.45) is 3.51. The van der Waals surface area contributed by atoms with Crippen molar-refractivity contribution in [1.29, 1.82) is 0 Å². The first kappa shape index (κ1) is 21.9. The fraction of sp³-hybridized carbons (Fsp3) is 0.458. The maximum absolute atomic E-state index is 13.3. The van der Waals surface area contributed by atoms with Crippen molar-refractivity contribution in [2.24, 2.45) is 5.92 Å². The SMILES string of the molecule is COc1ccc(CCn2ccc(C)c(C(=O)N3CC[C@@H]4NC(=O)C[C@@H]4C3)c2=O)cc1OC. The van der Waals surface area contributed by atoms with E-state index in [4.69, 9.17) is 9.47 Å². The van der Waals surface area contributed by atoms with Crippen LogP contribution in [-0.2, 0) is 17.8 Å². The van der Waals surface area contributed by atoms with Crippen LogP contribution in [0.15, 0.2) is 35.3 Å². The predicted molar refractivity (Wildman–Crippen MR) is 119 cm³/mol. The van der Waals surface area contributed by atoms with E-state index in [0.29, 0.717) is 49.5 Å². The van der Waals surface area contributed by atoms with Gasteiger partial charge in [0.15, 0.2) is 11.5 Å². The lowest BCUT2D eigenvalue weighted by atomic mass is 9.92. The van der Waals surface area contributed by atoms with Crippen molar-refractivity contribution in [3.8, 4) is 11.5 Å². The van der Waals surface area contributed by atoms with Gasteiger partial charge in [0.2, 0.25) is 5.91 Å². The molecule has 2 saturated heterocycles. The Labute approximate surface area is 187 Å². The van der Waals surface area contributed by atoms with Crippen LogP contribution in [0.3, 0.4) is 0 Å². The lowest BCUT2D eigenvalue weighted by molar-refractivity contribution is -0.119. The molecule has 1 aromatic carbocycles. The Balaban J connectivity index is 1.51. The summed E-state index contributed by atoms with van der Waals surface area (Å²) < 4.78 is 12.2. The molecule has 2 aliphatic rings. The summed E-state index contributed by atoms with van der Waals surface area (Å²) in [4.78, 5) is 39.9. The van der Waals surface area contributed by atoms with E-state index in [1.54, 1.807) is 36.8 Å². The quantitative estimate of drug-likeness (QED) is 0.741. The van der Waals surface area contributed by atoms with Crippen molar-refractivity contribution in [3.63, 3.8) is 0 Å². The highest BCUT2D eigenvalue weighted by Gasteiger charge is 2.38. The number of ether oxygens (including phenoxy) is 2. The van der Waals surface area contributed by atoms with Gasteiger partial charge < -0.3 is 24.3 Å². The van der Waals surface area contributed by atoms with E-state index < -0.39 is 0 Å². The number of nitrogens with zero attached hydrogens (tertiary/aromatic N) is 2. The fourth-order valence-corrected chi connectivity index (χ4v) is 4.66. The van der Waals surface area contributed by atoms with Crippen LogP contribution in [0, 0.1) is 12.8 Å². The number of carbonyl (C=O) groups excluding carboxylic acids is 2. The van der Waals surface area contributed by atoms with Crippen molar-refractivity contribution in [1.82, 2.24) is 14.8 Å². The van der Waals surface area contributed by atoms with E-state index in [-0.39, 0.29) is 34.9 Å². The first-order valence-corrected chi connectivity index (χ1v) is 10.9. The van der Waals surface area contributed by atoms with Gasteiger partial charge in [-0.2, -0.15) is 0 Å². The fourth-order valence-electron chi connectivity index (χ4n) is 4.66. The van der Waals surface area contributed by atoms with Gasteiger partial charge in [0.25, 0.3) is 11.5 Å². The molecule has 170 valence electrons. The number of piperidine rings is 1. The van der Waals surface area contributed by atoms with Crippen LogP contribution in [0.5, 0.6) is 11.5 Å². The number of amides is 2. The molecular weight excluding hydrogens is 410 g/mol. The standard InChI is InChI=1S/C24H29N3O5/c1-15-6-9-26(10-7-16-4-5-19(31-2)20(12-16)32-3)23(29)22(15)24(30)27-11-8-18-17(14-27)13-21(28)25-18/h4-6,9,12,17-18H,7-8,10-11,13-14H2,1-3H3,(H,25,28)/t17-,18+/m1/s1. The second-order valence-electron chi connectivity index (χ2n) is 8.49. The van der Waals surface area contributed by atoms with Crippen LogP contribution in [0.1, 0.15) is 34.3 Å². The maximum atomic E-state index is 13.3. The molecule has 2 aliphatic heterocycles. The van der Waals surface area contributed by atoms with Gasteiger partial charge in [0, 0.05) is 44.2 Å². The third kappa shape index (κ3) is 4.22. The van der Waals surface area contributed by atoms with Crippen LogP contribution in [0.2, 0.25) is 0 Å². The normalized spacial score (nSPS) is 20.0. The molecule has 0 radical (unpaired) electrons. The molecule has 8 nitrogen and oxygen atoms in total. The largest absolute Gasteiger partial charge is 0.493 e. The first-order valence-electron chi connectivity index (χ1n) is 10.9. The number of hydrogen-bond donors (Lipinski definition) is 1. The van der Waals surface area contributed by atoms with Crippen molar-refractivity contribution < 1.29 is 19.1 Å². The number of aryl methyl sites for hydroxylation is 3. The molecule has 0 unspecified atom stereocenters. The van der Waals surface area contributed by atoms with E-state index in [9.17, 15) is 14.4 Å². The van der Waals surface area contributed by atoms with Crippen LogP contribution in [0.4, 0.5) is 0 Å². The zero-order valence-corrected chi connectivity index (χ0v) is 18.7. The number of methoxy groups -OCH3 is 2. The number of hydrogen-bond acceptors (Lipinski definition) is 5. The van der Waals surface area contributed by atoms with E-state index in [1.165, 1.54) is 0 Å². The molecule has 0 spiro atoms. The Hall–Kier alpha value is -3.29. The summed E-state index contributed by atoms with van der Waals surface area (Å²) in [7, 11) is 3.18. The minimum atomic E-state index is -0.279. The van der Waals surface area contributed by atoms with Gasteiger partial charge in [-0.05, 0) is 49.1 Å². The van der Waals surface area contributed by atoms with Gasteiger partial charge in [-0.1, -0.05) is 6.07 Å². The van der Waals surface area contributed by atoms with Crippen molar-refractivity contribution in [2.45, 2.75) is 38.8 Å². The third-order valence-corrected chi connectivity index (χ3v) is 6.49. The summed E-state index contributed by atoms with van der Waals surface area (Å²) in [6.45, 7) is 3.28. The molecule has 2 atom stereocenters. The first-order chi connectivity index (χ1) is 15.4. The zero-order valence-electron chi connectivity index (χ0n) is 18.7. The molecule has 0 saturated carbocycles. The molecule has 0 bridgehead atoms. The number of benzene rings is 1. The lowest BCUT2D eigenvalue weighted by Gasteiger charge is -2.34. The highest BCUT2D eigenvalue weighted by Crippen LogP contribution is 2.28. The molecule has 2 aromatic rings. The summed E-state index contributed by atoms with van der Waals surface area (Å²) in [5, 5.41) is 2.97. The number of nitrogens with one attached hydrogen (secondary N) is 1. The number of likely N-dealkylation sites (tertiary alicyclic amines) is 1. The van der Waals surface area contributed by atoms with Gasteiger partial charge in [0.1, 0.15) is 5.56 Å². The van der Waals surface area contributed by atoms with Crippen LogP contribution >= 0.6 is 0 Å². The van der Waals surface area contributed by atoms with Crippen molar-refractivity contribution in [2.75, 3.05) is 27.3 Å². The van der Waals surface area contributed by atoms with Crippen molar-refractivity contribution in [3.05, 3.63) is 57.5 Å². The Bertz CT molecular complexity index is 1090. The topological polar surface area (TPSA) is 89.9 Å². The maximum Gasteiger partial charge on any atom is 0.263 e. The molecule has 2 amide bonds. The van der Waals surface area contributed by atoms with Gasteiger partial charge in [-0.25, -0.2) is 0 Å². The average molecular weight is 440 g/mol. The zero-order chi connectivity index (χ0) is 22.8. The van der Waals surface area contributed by atoms with E-state index in [2.05, 4.69) is 5.32 Å². The third-order valence-electron chi connectivity index (χ3n) is 6.49. The second kappa shape index (κ2) is 9.06. The minimum Gasteiger partial charge on any atom is -0.493 e. The van der Waals surface area contributed by atoms with Gasteiger partial charge in [-0.15, -0.1) is 0 Å². The smallest absolute Gasteiger partial charge is 0.263 e. The summed E-state index contributed by atoms with van der Waals surface area (Å²) >= 11 is 0. The molecule has 8 heteroatoms. The molecule has 1 aromatic heterocycles. The number of pyridine rings is 1. The Morgan fingerprint density at radius 1 is 1.16 bits per heavy atom. The highest BCUT2D eigenvalue weighted by atomic mass is 16.5. The number of aromatic nitrogens is 1. The minimum absolute atomic E-state index is 0.0442. The van der Waals surface area contributed by atoms with E-state index >= 15 is 0 Å². The Kier molecular flexibility index (Phi) is 6.21. The second-order valence-corrected chi connectivity index (χ2v) is 8.49. The molecule has 3 heterocycles. The summed E-state index contributed by atoms with van der Waals surface area (Å²) in [5.41, 5.74) is 1.61. The van der Waals surface area contributed by atoms with Crippen LogP contribution in [0.25, 0.3) is 0 Å². The molecule has 2 fully saturated rings. The summed E-state index contributed by atoms with van der Waals surface area (Å²) in [6, 6.07) is 7.63. The Morgan fingerprint density at radius 2 is 1.94 bits per heavy atom. The predicted octanol–water partition coefficient (Wildman–Crippen LogP) is 1.77. The molecular formula is C24H29N3O5. The van der Waals surface area contributed by atoms with Gasteiger partial charge in [-0.3, -0.25) is 14.4 Å². The number of fused-ring (bicyclic) bond motifs is 1. The summed E-state index contributed by atoms with van der Waals surface area (Å²) in [5.74, 6) is 1.21. The van der Waals surface area contributed by atoms with E-state index in [1.807, 2.05) is 24.3 Å². The Morgan fingerprint density at radius 3 is 2.69 bits per heavy atom. The van der Waals surface area contributed by atoms with Crippen LogP contribution in [-0.4, -0.2) is 54.6 Å². The lowest BCUT2D eigenvalue weighted by Crippen LogP contribution is -2.48.